The van der Waals surface area contributed by atoms with E-state index in [2.05, 4.69) is 10.1 Å². The highest BCUT2D eigenvalue weighted by Gasteiger charge is 2.35. The van der Waals surface area contributed by atoms with Gasteiger partial charge in [-0.15, -0.1) is 0 Å². The van der Waals surface area contributed by atoms with Crippen LogP contribution in [0.5, 0.6) is 0 Å². The Morgan fingerprint density at radius 1 is 1.82 bits per heavy atom. The van der Waals surface area contributed by atoms with E-state index in [0.717, 1.165) is 0 Å². The highest BCUT2D eigenvalue weighted by molar-refractivity contribution is 5.71. The van der Waals surface area contributed by atoms with Crippen LogP contribution in [0.3, 0.4) is 0 Å². The smallest absolute Gasteiger partial charge is 0.309 e. The molecule has 4 nitrogen and oxygen atoms in total. The summed E-state index contributed by atoms with van der Waals surface area (Å²) in [5.74, 6) is -1.64. The standard InChI is InChI=1S/C7H13NO3/c1-7(10)4-5(8-2)3-6(9)11-7/h5,8,10H,3-4H2,1-2H3. The van der Waals surface area contributed by atoms with E-state index in [1.54, 1.807) is 7.05 Å². The molecule has 1 saturated heterocycles. The highest BCUT2D eigenvalue weighted by Crippen LogP contribution is 2.22. The van der Waals surface area contributed by atoms with Crippen molar-refractivity contribution in [2.45, 2.75) is 31.6 Å². The van der Waals surface area contributed by atoms with Crippen molar-refractivity contribution in [1.82, 2.24) is 5.32 Å². The Hall–Kier alpha value is -0.610. The summed E-state index contributed by atoms with van der Waals surface area (Å²) in [6.45, 7) is 1.49. The number of carbonyl (C=O) groups is 1. The van der Waals surface area contributed by atoms with E-state index < -0.39 is 5.79 Å². The number of aliphatic hydroxyl groups is 1. The van der Waals surface area contributed by atoms with E-state index in [1.165, 1.54) is 6.92 Å². The van der Waals surface area contributed by atoms with Gasteiger partial charge in [0, 0.05) is 19.4 Å². The van der Waals surface area contributed by atoms with Crippen LogP contribution in [0.15, 0.2) is 0 Å². The van der Waals surface area contributed by atoms with Crippen molar-refractivity contribution >= 4 is 5.97 Å². The van der Waals surface area contributed by atoms with E-state index in [-0.39, 0.29) is 12.0 Å². The summed E-state index contributed by atoms with van der Waals surface area (Å²) in [5, 5.41) is 12.3. The Morgan fingerprint density at radius 2 is 2.45 bits per heavy atom. The van der Waals surface area contributed by atoms with Gasteiger partial charge in [-0.3, -0.25) is 4.79 Å². The average molecular weight is 159 g/mol. The minimum absolute atomic E-state index is 0.0336. The van der Waals surface area contributed by atoms with Crippen molar-refractivity contribution in [3.8, 4) is 0 Å². The van der Waals surface area contributed by atoms with Crippen molar-refractivity contribution in [1.29, 1.82) is 0 Å². The summed E-state index contributed by atoms with van der Waals surface area (Å²) in [6, 6.07) is 0.0336. The lowest BCUT2D eigenvalue weighted by Crippen LogP contribution is -2.46. The van der Waals surface area contributed by atoms with Gasteiger partial charge in [-0.05, 0) is 7.05 Å². The zero-order chi connectivity index (χ0) is 8.48. The maximum absolute atomic E-state index is 10.8. The molecule has 0 aliphatic carbocycles. The van der Waals surface area contributed by atoms with Crippen molar-refractivity contribution in [3.05, 3.63) is 0 Å². The number of esters is 1. The third kappa shape index (κ3) is 2.17. The van der Waals surface area contributed by atoms with Gasteiger partial charge in [0.1, 0.15) is 0 Å². The molecule has 64 valence electrons. The molecular formula is C7H13NO3. The maximum Gasteiger partial charge on any atom is 0.309 e. The van der Waals surface area contributed by atoms with Crippen molar-refractivity contribution < 1.29 is 14.6 Å². The lowest BCUT2D eigenvalue weighted by atomic mass is 10.0. The zero-order valence-electron chi connectivity index (χ0n) is 6.76. The highest BCUT2D eigenvalue weighted by atomic mass is 16.7. The number of carbonyl (C=O) groups excluding carboxylic acids is 1. The van der Waals surface area contributed by atoms with Crippen molar-refractivity contribution in [3.63, 3.8) is 0 Å². The van der Waals surface area contributed by atoms with Gasteiger partial charge in [0.25, 0.3) is 0 Å². The Bertz CT molecular complexity index is 167. The van der Waals surface area contributed by atoms with Crippen LogP contribution in [0.4, 0.5) is 0 Å². The quantitative estimate of drug-likeness (QED) is 0.512. The van der Waals surface area contributed by atoms with Gasteiger partial charge in [-0.1, -0.05) is 0 Å². The maximum atomic E-state index is 10.8. The van der Waals surface area contributed by atoms with Gasteiger partial charge in [-0.2, -0.15) is 0 Å². The Morgan fingerprint density at radius 3 is 2.91 bits per heavy atom. The van der Waals surface area contributed by atoms with Crippen LogP contribution in [0, 0.1) is 0 Å². The summed E-state index contributed by atoms with van der Waals surface area (Å²) >= 11 is 0. The van der Waals surface area contributed by atoms with Crippen LogP contribution in [-0.4, -0.2) is 30.0 Å². The molecule has 2 unspecified atom stereocenters. The van der Waals surface area contributed by atoms with E-state index in [0.29, 0.717) is 12.8 Å². The fourth-order valence-electron chi connectivity index (χ4n) is 1.26. The van der Waals surface area contributed by atoms with E-state index in [9.17, 15) is 9.90 Å². The Kier molecular flexibility index (Phi) is 2.15. The van der Waals surface area contributed by atoms with Crippen LogP contribution < -0.4 is 5.32 Å². The van der Waals surface area contributed by atoms with Crippen LogP contribution in [-0.2, 0) is 9.53 Å². The van der Waals surface area contributed by atoms with Gasteiger partial charge in [-0.25, -0.2) is 0 Å². The summed E-state index contributed by atoms with van der Waals surface area (Å²) < 4.78 is 4.68. The molecule has 4 heteroatoms. The Labute approximate surface area is 65.5 Å². The average Bonchev–Trinajstić information content (AvgIpc) is 1.83. The van der Waals surface area contributed by atoms with Gasteiger partial charge in [0.2, 0.25) is 5.79 Å². The van der Waals surface area contributed by atoms with E-state index >= 15 is 0 Å². The third-order valence-corrected chi connectivity index (χ3v) is 1.78. The third-order valence-electron chi connectivity index (χ3n) is 1.78. The second-order valence-corrected chi connectivity index (χ2v) is 3.04. The molecule has 0 bridgehead atoms. The van der Waals surface area contributed by atoms with Crippen LogP contribution in [0.2, 0.25) is 0 Å². The number of ether oxygens (including phenoxy) is 1. The molecule has 1 aliphatic rings. The van der Waals surface area contributed by atoms with Crippen molar-refractivity contribution in [2.24, 2.45) is 0 Å². The fraction of sp³-hybridized carbons (Fsp3) is 0.857. The molecule has 1 heterocycles. The number of hydrogen-bond donors (Lipinski definition) is 2. The number of nitrogens with one attached hydrogen (secondary N) is 1. The van der Waals surface area contributed by atoms with Gasteiger partial charge in [0.15, 0.2) is 0 Å². The van der Waals surface area contributed by atoms with Gasteiger partial charge in [0.05, 0.1) is 6.42 Å². The summed E-state index contributed by atoms with van der Waals surface area (Å²) in [5.41, 5.74) is 0. The number of rotatable bonds is 1. The normalized spacial score (nSPS) is 38.5. The second-order valence-electron chi connectivity index (χ2n) is 3.04. The molecule has 11 heavy (non-hydrogen) atoms. The lowest BCUT2D eigenvalue weighted by Gasteiger charge is -2.32. The minimum Gasteiger partial charge on any atom is -0.433 e. The topological polar surface area (TPSA) is 58.6 Å². The molecule has 1 aliphatic heterocycles. The first-order chi connectivity index (χ1) is 5.03. The first kappa shape index (κ1) is 8.49. The first-order valence-electron chi connectivity index (χ1n) is 3.65. The van der Waals surface area contributed by atoms with Crippen LogP contribution >= 0.6 is 0 Å². The summed E-state index contributed by atoms with van der Waals surface area (Å²) in [4.78, 5) is 10.8. The molecule has 0 amide bonds. The fourth-order valence-corrected chi connectivity index (χ4v) is 1.26. The molecular weight excluding hydrogens is 146 g/mol. The molecule has 0 aromatic carbocycles. The molecule has 2 N–H and O–H groups in total. The SMILES string of the molecule is CNC1CC(=O)OC(C)(O)C1. The monoisotopic (exact) mass is 159 g/mol. The molecule has 1 fully saturated rings. The van der Waals surface area contributed by atoms with Crippen molar-refractivity contribution in [2.75, 3.05) is 7.05 Å². The lowest BCUT2D eigenvalue weighted by molar-refractivity contribution is -0.217. The number of hydrogen-bond acceptors (Lipinski definition) is 4. The molecule has 0 aromatic rings. The van der Waals surface area contributed by atoms with Gasteiger partial charge >= 0.3 is 5.97 Å². The second kappa shape index (κ2) is 2.79. The zero-order valence-corrected chi connectivity index (χ0v) is 6.76. The summed E-state index contributed by atoms with van der Waals surface area (Å²) in [6.07, 6.45) is 0.794. The van der Waals surface area contributed by atoms with Crippen LogP contribution in [0.1, 0.15) is 19.8 Å². The van der Waals surface area contributed by atoms with Crippen LogP contribution in [0.25, 0.3) is 0 Å². The van der Waals surface area contributed by atoms with Gasteiger partial charge < -0.3 is 15.2 Å². The predicted molar refractivity (Wildman–Crippen MR) is 38.8 cm³/mol. The molecule has 1 rings (SSSR count). The molecule has 2 atom stereocenters. The first-order valence-corrected chi connectivity index (χ1v) is 3.65. The molecule has 0 saturated carbocycles. The minimum atomic E-state index is -1.29. The summed E-state index contributed by atoms with van der Waals surface area (Å²) in [7, 11) is 1.76. The molecule has 0 spiro atoms. The molecule has 0 radical (unpaired) electrons. The number of cyclic esters (lactones) is 1. The predicted octanol–water partition coefficient (Wildman–Crippen LogP) is -0.380. The Balaban J connectivity index is 2.58. The molecule has 0 aromatic heterocycles. The van der Waals surface area contributed by atoms with E-state index in [4.69, 9.17) is 0 Å². The largest absolute Gasteiger partial charge is 0.433 e. The van der Waals surface area contributed by atoms with E-state index in [1.807, 2.05) is 0 Å².